The van der Waals surface area contributed by atoms with Crippen LogP contribution in [0.1, 0.15) is 0 Å². The molecule has 0 saturated carbocycles. The molecule has 1 amide bonds. The van der Waals surface area contributed by atoms with Crippen molar-refractivity contribution in [1.82, 2.24) is 4.98 Å². The third-order valence-electron chi connectivity index (χ3n) is 2.83. The lowest BCUT2D eigenvalue weighted by atomic mass is 10.2. The lowest BCUT2D eigenvalue weighted by molar-refractivity contribution is -0.113. The summed E-state index contributed by atoms with van der Waals surface area (Å²) in [6, 6.07) is 14.9. The third-order valence-corrected chi connectivity index (χ3v) is 3.07. The van der Waals surface area contributed by atoms with Crippen LogP contribution in [0.5, 0.6) is 0 Å². The van der Waals surface area contributed by atoms with E-state index in [0.717, 1.165) is 16.7 Å². The van der Waals surface area contributed by atoms with Crippen LogP contribution in [-0.2, 0) is 4.79 Å². The summed E-state index contributed by atoms with van der Waals surface area (Å²) in [7, 11) is 0. The first-order valence-corrected chi connectivity index (χ1v) is 6.61. The fraction of sp³-hybridized carbons (Fsp3) is 0.0667. The Balaban J connectivity index is 0.00000161. The van der Waals surface area contributed by atoms with E-state index >= 15 is 0 Å². The van der Waals surface area contributed by atoms with Crippen LogP contribution in [0.15, 0.2) is 52.9 Å². The van der Waals surface area contributed by atoms with Gasteiger partial charge in [-0.3, -0.25) is 4.79 Å². The molecule has 1 N–H and O–H groups in total. The smallest absolute Gasteiger partial charge is 0.239 e. The average Bonchev–Trinajstić information content (AvgIpc) is 2.91. The van der Waals surface area contributed by atoms with Crippen molar-refractivity contribution < 1.29 is 9.21 Å². The van der Waals surface area contributed by atoms with Crippen LogP contribution in [0.3, 0.4) is 0 Å². The minimum absolute atomic E-state index is 0. The first kappa shape index (κ1) is 15.4. The fourth-order valence-corrected chi connectivity index (χ4v) is 1.95. The summed E-state index contributed by atoms with van der Waals surface area (Å²) in [5.41, 5.74) is 3.12. The quantitative estimate of drug-likeness (QED) is 0.739. The van der Waals surface area contributed by atoms with E-state index < -0.39 is 0 Å². The number of nitrogens with zero attached hydrogens (tertiary/aromatic N) is 1. The van der Waals surface area contributed by atoms with Gasteiger partial charge in [0.2, 0.25) is 11.8 Å². The molecule has 2 aromatic carbocycles. The number of carbonyl (C=O) groups is 1. The van der Waals surface area contributed by atoms with Gasteiger partial charge in [0.1, 0.15) is 11.4 Å². The van der Waals surface area contributed by atoms with Crippen molar-refractivity contribution in [2.75, 3.05) is 11.2 Å². The summed E-state index contributed by atoms with van der Waals surface area (Å²) in [6.45, 7) is 0. The summed E-state index contributed by atoms with van der Waals surface area (Å²) in [5.74, 6) is 0.259. The van der Waals surface area contributed by atoms with Gasteiger partial charge in [0.05, 0.1) is 0 Å². The summed E-state index contributed by atoms with van der Waals surface area (Å²) in [5, 5.41) is 2.67. The van der Waals surface area contributed by atoms with Crippen molar-refractivity contribution in [1.29, 1.82) is 0 Å². The van der Waals surface area contributed by atoms with E-state index in [0.29, 0.717) is 11.6 Å². The first-order chi connectivity index (χ1) is 9.76. The molecule has 0 fully saturated rings. The maximum Gasteiger partial charge on any atom is 0.239 e. The molecule has 4 nitrogen and oxygen atoms in total. The lowest BCUT2D eigenvalue weighted by Gasteiger charge is -2.03. The van der Waals surface area contributed by atoms with Crippen LogP contribution in [0.25, 0.3) is 22.6 Å². The molecule has 0 spiro atoms. The number of nitrogens with one attached hydrogen (secondary N) is 1. The van der Waals surface area contributed by atoms with Gasteiger partial charge in [0, 0.05) is 11.3 Å². The highest BCUT2D eigenvalue weighted by molar-refractivity contribution is 6.29. The number of oxazole rings is 1. The minimum Gasteiger partial charge on any atom is -0.436 e. The Labute approximate surface area is 132 Å². The Morgan fingerprint density at radius 1 is 1.14 bits per heavy atom. The first-order valence-electron chi connectivity index (χ1n) is 6.08. The van der Waals surface area contributed by atoms with Crippen molar-refractivity contribution in [3.63, 3.8) is 0 Å². The molecule has 0 saturated heterocycles. The second-order valence-electron chi connectivity index (χ2n) is 4.25. The molecule has 1 heterocycles. The van der Waals surface area contributed by atoms with Gasteiger partial charge in [-0.1, -0.05) is 12.1 Å². The van der Waals surface area contributed by atoms with Gasteiger partial charge in [0.15, 0.2) is 5.58 Å². The largest absolute Gasteiger partial charge is 0.436 e. The molecule has 0 aliphatic carbocycles. The molecule has 108 valence electrons. The van der Waals surface area contributed by atoms with Gasteiger partial charge < -0.3 is 9.73 Å². The van der Waals surface area contributed by atoms with E-state index in [-0.39, 0.29) is 24.2 Å². The molecule has 0 aliphatic heterocycles. The molecule has 3 rings (SSSR count). The molecule has 0 radical (unpaired) electrons. The molecule has 0 aliphatic rings. The SMILES string of the molecule is Cl.O=C(CCl)Nc1ccc(-c2nc3ccccc3o2)cc1. The summed E-state index contributed by atoms with van der Waals surface area (Å²) in [4.78, 5) is 15.6. The van der Waals surface area contributed by atoms with E-state index in [1.165, 1.54) is 0 Å². The Morgan fingerprint density at radius 2 is 1.86 bits per heavy atom. The van der Waals surface area contributed by atoms with Gasteiger partial charge in [-0.2, -0.15) is 0 Å². The summed E-state index contributed by atoms with van der Waals surface area (Å²) in [6.07, 6.45) is 0. The van der Waals surface area contributed by atoms with Crippen molar-refractivity contribution >= 4 is 46.7 Å². The zero-order chi connectivity index (χ0) is 13.9. The number of fused-ring (bicyclic) bond motifs is 1. The van der Waals surface area contributed by atoms with E-state index in [9.17, 15) is 4.79 Å². The van der Waals surface area contributed by atoms with Crippen molar-refractivity contribution in [3.05, 3.63) is 48.5 Å². The number of anilines is 1. The number of aromatic nitrogens is 1. The van der Waals surface area contributed by atoms with Crippen LogP contribution in [0.4, 0.5) is 5.69 Å². The number of benzene rings is 2. The zero-order valence-corrected chi connectivity index (χ0v) is 12.4. The summed E-state index contributed by atoms with van der Waals surface area (Å²) < 4.78 is 5.68. The van der Waals surface area contributed by atoms with Crippen molar-refractivity contribution in [3.8, 4) is 11.5 Å². The highest BCUT2D eigenvalue weighted by atomic mass is 35.5. The van der Waals surface area contributed by atoms with Gasteiger partial charge in [0.25, 0.3) is 0 Å². The number of hydrogen-bond acceptors (Lipinski definition) is 3. The van der Waals surface area contributed by atoms with Crippen molar-refractivity contribution in [2.45, 2.75) is 0 Å². The molecule has 3 aromatic rings. The second-order valence-corrected chi connectivity index (χ2v) is 4.51. The maximum absolute atomic E-state index is 11.2. The van der Waals surface area contributed by atoms with Crippen LogP contribution >= 0.6 is 24.0 Å². The second kappa shape index (κ2) is 6.61. The van der Waals surface area contributed by atoms with E-state index in [1.54, 1.807) is 12.1 Å². The number of amides is 1. The Hall–Kier alpha value is -2.04. The number of hydrogen-bond donors (Lipinski definition) is 1. The number of halogens is 2. The van der Waals surface area contributed by atoms with E-state index in [1.807, 2.05) is 36.4 Å². The van der Waals surface area contributed by atoms with Crippen molar-refractivity contribution in [2.24, 2.45) is 0 Å². The normalized spacial score (nSPS) is 10.1. The molecular weight excluding hydrogens is 311 g/mol. The predicted molar refractivity (Wildman–Crippen MR) is 86.0 cm³/mol. The number of carbonyl (C=O) groups excluding carboxylic acids is 1. The number of rotatable bonds is 3. The molecular formula is C15H12Cl2N2O2. The van der Waals surface area contributed by atoms with Gasteiger partial charge in [-0.15, -0.1) is 24.0 Å². The van der Waals surface area contributed by atoms with Crippen LogP contribution in [0, 0.1) is 0 Å². The highest BCUT2D eigenvalue weighted by Gasteiger charge is 2.08. The van der Waals surface area contributed by atoms with E-state index in [4.69, 9.17) is 16.0 Å². The molecule has 0 unspecified atom stereocenters. The Kier molecular flexibility index (Phi) is 4.83. The minimum atomic E-state index is -0.235. The zero-order valence-electron chi connectivity index (χ0n) is 10.9. The monoisotopic (exact) mass is 322 g/mol. The van der Waals surface area contributed by atoms with Crippen LogP contribution in [0.2, 0.25) is 0 Å². The summed E-state index contributed by atoms with van der Waals surface area (Å²) >= 11 is 5.44. The molecule has 6 heteroatoms. The van der Waals surface area contributed by atoms with Crippen LogP contribution in [-0.4, -0.2) is 16.8 Å². The van der Waals surface area contributed by atoms with Crippen LogP contribution < -0.4 is 5.32 Å². The fourth-order valence-electron chi connectivity index (χ4n) is 1.89. The predicted octanol–water partition coefficient (Wildman–Crippen LogP) is 4.09. The Morgan fingerprint density at radius 3 is 2.52 bits per heavy atom. The third kappa shape index (κ3) is 3.35. The maximum atomic E-state index is 11.2. The topological polar surface area (TPSA) is 55.1 Å². The standard InChI is InChI=1S/C15H11ClN2O2.ClH/c16-9-14(19)17-11-7-5-10(6-8-11)15-18-12-3-1-2-4-13(12)20-15;/h1-8H,9H2,(H,17,19);1H. The average molecular weight is 323 g/mol. The Bertz CT molecular complexity index is 721. The number of alkyl halides is 1. The highest BCUT2D eigenvalue weighted by Crippen LogP contribution is 2.25. The number of para-hydroxylation sites is 2. The molecule has 1 aromatic heterocycles. The van der Waals surface area contributed by atoms with Gasteiger partial charge in [-0.25, -0.2) is 4.98 Å². The molecule has 0 atom stereocenters. The van der Waals surface area contributed by atoms with Gasteiger partial charge in [-0.05, 0) is 36.4 Å². The van der Waals surface area contributed by atoms with E-state index in [2.05, 4.69) is 10.3 Å². The molecule has 0 bridgehead atoms. The molecule has 21 heavy (non-hydrogen) atoms. The lowest BCUT2D eigenvalue weighted by Crippen LogP contribution is -2.12. The van der Waals surface area contributed by atoms with Gasteiger partial charge >= 0.3 is 0 Å².